The van der Waals surface area contributed by atoms with Crippen molar-refractivity contribution in [3.05, 3.63) is 106 Å². The number of alkyl halides is 3. The number of pyridine rings is 1. The molecular formula is C27H25F3N5O2S+. The molecule has 38 heavy (non-hydrogen) atoms. The van der Waals surface area contributed by atoms with E-state index in [2.05, 4.69) is 20.4 Å². The molecule has 0 aliphatic rings. The molecule has 4 rings (SSSR count). The Labute approximate surface area is 221 Å². The molecule has 0 spiro atoms. The molecule has 0 unspecified atom stereocenters. The summed E-state index contributed by atoms with van der Waals surface area (Å²) in [6, 6.07) is 20.1. The zero-order valence-electron chi connectivity index (χ0n) is 20.5. The van der Waals surface area contributed by atoms with E-state index >= 15 is 0 Å². The molecule has 2 aromatic carbocycles. The van der Waals surface area contributed by atoms with Gasteiger partial charge in [-0.3, -0.25) is 9.78 Å². The summed E-state index contributed by atoms with van der Waals surface area (Å²) in [4.78, 5) is 31.2. The summed E-state index contributed by atoms with van der Waals surface area (Å²) in [7, 11) is 0. The number of nitrogens with zero attached hydrogens (tertiary/aromatic N) is 3. The van der Waals surface area contributed by atoms with Crippen molar-refractivity contribution >= 4 is 17.7 Å². The topological polar surface area (TPSA) is 91.6 Å². The zero-order chi connectivity index (χ0) is 27.1. The number of thioether (sulfide) groups is 1. The number of carbonyl (C=O) groups excluding carboxylic acids is 1. The highest BCUT2D eigenvalue weighted by Gasteiger charge is 2.32. The number of hydrogen-bond donors (Lipinski definition) is 2. The lowest BCUT2D eigenvalue weighted by atomic mass is 10.0. The van der Waals surface area contributed by atoms with Crippen LogP contribution < -0.4 is 15.6 Å². The van der Waals surface area contributed by atoms with Crippen LogP contribution in [0, 0.1) is 0 Å². The second kappa shape index (κ2) is 12.0. The number of aromatic nitrogens is 4. The van der Waals surface area contributed by atoms with Crippen molar-refractivity contribution in [1.29, 1.82) is 0 Å². The molecular weight excluding hydrogens is 515 g/mol. The predicted molar refractivity (Wildman–Crippen MR) is 137 cm³/mol. The molecule has 2 N–H and O–H groups in total. The first-order valence-corrected chi connectivity index (χ1v) is 12.8. The maximum absolute atomic E-state index is 12.8. The van der Waals surface area contributed by atoms with Crippen LogP contribution >= 0.6 is 11.8 Å². The van der Waals surface area contributed by atoms with Crippen LogP contribution in [0.5, 0.6) is 0 Å². The highest BCUT2D eigenvalue weighted by molar-refractivity contribution is 7.98. The van der Waals surface area contributed by atoms with E-state index in [1.165, 1.54) is 10.7 Å². The van der Waals surface area contributed by atoms with Crippen LogP contribution in [0.2, 0.25) is 0 Å². The fourth-order valence-electron chi connectivity index (χ4n) is 3.59. The monoisotopic (exact) mass is 540 g/mol. The van der Waals surface area contributed by atoms with Crippen LogP contribution in [0.1, 0.15) is 29.4 Å². The maximum atomic E-state index is 12.8. The van der Waals surface area contributed by atoms with E-state index in [0.29, 0.717) is 23.7 Å². The summed E-state index contributed by atoms with van der Waals surface area (Å²) in [5, 5.41) is 7.49. The summed E-state index contributed by atoms with van der Waals surface area (Å²) >= 11 is 1.15. The van der Waals surface area contributed by atoms with Gasteiger partial charge in [0.1, 0.15) is 5.69 Å². The largest absolute Gasteiger partial charge is 0.433 e. The quantitative estimate of drug-likeness (QED) is 0.244. The molecule has 7 nitrogen and oxygen atoms in total. The van der Waals surface area contributed by atoms with Crippen LogP contribution in [0.3, 0.4) is 0 Å². The second-order valence-electron chi connectivity index (χ2n) is 8.39. The molecule has 196 valence electrons. The van der Waals surface area contributed by atoms with Gasteiger partial charge in [0.2, 0.25) is 0 Å². The lowest BCUT2D eigenvalue weighted by Gasteiger charge is -2.08. The van der Waals surface area contributed by atoms with E-state index in [1.54, 1.807) is 6.92 Å². The molecule has 0 fully saturated rings. The van der Waals surface area contributed by atoms with Crippen molar-refractivity contribution in [3.8, 4) is 11.1 Å². The van der Waals surface area contributed by atoms with Crippen molar-refractivity contribution in [2.75, 3.05) is 0 Å². The summed E-state index contributed by atoms with van der Waals surface area (Å²) < 4.78 is 39.7. The number of aryl methyl sites for hydroxylation is 1. The maximum Gasteiger partial charge on any atom is 0.433 e. The second-order valence-corrected chi connectivity index (χ2v) is 9.36. The van der Waals surface area contributed by atoms with E-state index in [-0.39, 0.29) is 29.5 Å². The first-order chi connectivity index (χ1) is 18.2. The van der Waals surface area contributed by atoms with Crippen molar-refractivity contribution in [3.63, 3.8) is 0 Å². The Morgan fingerprint density at radius 2 is 1.68 bits per heavy atom. The molecule has 0 saturated carbocycles. The Bertz CT molecular complexity index is 1440. The molecule has 4 aromatic rings. The van der Waals surface area contributed by atoms with E-state index in [1.807, 2.05) is 54.6 Å². The minimum Gasteiger partial charge on any atom is -0.349 e. The van der Waals surface area contributed by atoms with Gasteiger partial charge < -0.3 is 5.32 Å². The molecule has 0 atom stereocenters. The number of H-pyrrole nitrogens is 1. The van der Waals surface area contributed by atoms with Gasteiger partial charge in [-0.1, -0.05) is 72.7 Å². The number of aromatic amines is 1. The fourth-order valence-corrected chi connectivity index (χ4v) is 4.48. The zero-order valence-corrected chi connectivity index (χ0v) is 21.3. The summed E-state index contributed by atoms with van der Waals surface area (Å²) in [5.74, 6) is -0.0781. The summed E-state index contributed by atoms with van der Waals surface area (Å²) in [6.45, 7) is 1.96. The first kappa shape index (κ1) is 27.1. The average molecular weight is 541 g/mol. The number of carbonyl (C=O) groups is 1. The smallest absolute Gasteiger partial charge is 0.349 e. The minimum atomic E-state index is -4.52. The molecule has 0 saturated heterocycles. The number of halogens is 3. The van der Waals surface area contributed by atoms with Crippen molar-refractivity contribution < 1.29 is 22.6 Å². The van der Waals surface area contributed by atoms with Gasteiger partial charge in [0.25, 0.3) is 5.91 Å². The Kier molecular flexibility index (Phi) is 8.57. The van der Waals surface area contributed by atoms with Gasteiger partial charge in [-0.2, -0.15) is 18.2 Å². The van der Waals surface area contributed by atoms with Crippen LogP contribution in [-0.4, -0.2) is 21.0 Å². The number of hydrogen-bond acceptors (Lipinski definition) is 5. The molecule has 11 heteroatoms. The minimum absolute atomic E-state index is 0.139. The number of benzene rings is 2. The van der Waals surface area contributed by atoms with E-state index in [9.17, 15) is 22.8 Å². The van der Waals surface area contributed by atoms with Gasteiger partial charge in [0, 0.05) is 18.5 Å². The third-order valence-electron chi connectivity index (χ3n) is 5.63. The lowest BCUT2D eigenvalue weighted by Crippen LogP contribution is -2.50. The number of nitrogens with one attached hydrogen (secondary N) is 2. The molecule has 2 aromatic heterocycles. The SMILES string of the molecule is CCc1n[n+](CC(=O)NCc2ccc(-c3ccccc3)cc2)c(SCc2ccc(C(F)(F)F)nc2)[nH]c1=O. The third-order valence-corrected chi connectivity index (χ3v) is 6.69. The van der Waals surface area contributed by atoms with Crippen LogP contribution in [0.15, 0.2) is 82.9 Å². The van der Waals surface area contributed by atoms with Crippen LogP contribution in [-0.2, 0) is 36.2 Å². The number of rotatable bonds is 9. The summed E-state index contributed by atoms with van der Waals surface area (Å²) in [6.07, 6.45) is -3.00. The Hall–Kier alpha value is -3.99. The van der Waals surface area contributed by atoms with Gasteiger partial charge in [0.05, 0.1) is 0 Å². The fraction of sp³-hybridized carbons (Fsp3) is 0.222. The first-order valence-electron chi connectivity index (χ1n) is 11.8. The van der Waals surface area contributed by atoms with Crippen LogP contribution in [0.25, 0.3) is 11.1 Å². The molecule has 2 heterocycles. The molecule has 1 amide bonds. The molecule has 0 aliphatic heterocycles. The van der Waals surface area contributed by atoms with Crippen molar-refractivity contribution in [1.82, 2.24) is 20.4 Å². The average Bonchev–Trinajstić information content (AvgIpc) is 2.92. The number of amides is 1. The predicted octanol–water partition coefficient (Wildman–Crippen LogP) is 4.31. The lowest BCUT2D eigenvalue weighted by molar-refractivity contribution is -0.781. The Morgan fingerprint density at radius 3 is 2.32 bits per heavy atom. The Balaban J connectivity index is 1.41. The highest BCUT2D eigenvalue weighted by Crippen LogP contribution is 2.28. The van der Waals surface area contributed by atoms with Gasteiger partial charge in [-0.25, -0.2) is 4.79 Å². The van der Waals surface area contributed by atoms with Gasteiger partial charge in [0.15, 0.2) is 12.2 Å². The van der Waals surface area contributed by atoms with Crippen LogP contribution in [0.4, 0.5) is 13.2 Å². The highest BCUT2D eigenvalue weighted by atomic mass is 32.2. The third kappa shape index (κ3) is 7.06. The van der Waals surface area contributed by atoms with Gasteiger partial charge in [-0.05, 0) is 46.5 Å². The van der Waals surface area contributed by atoms with Gasteiger partial charge in [-0.15, -0.1) is 4.68 Å². The molecule has 0 radical (unpaired) electrons. The van der Waals surface area contributed by atoms with Crippen molar-refractivity contribution in [2.45, 2.75) is 43.5 Å². The van der Waals surface area contributed by atoms with Gasteiger partial charge >= 0.3 is 16.9 Å². The normalized spacial score (nSPS) is 11.4. The molecule has 0 bridgehead atoms. The molecule has 0 aliphatic carbocycles. The van der Waals surface area contributed by atoms with E-state index in [0.717, 1.165) is 40.7 Å². The van der Waals surface area contributed by atoms with Crippen molar-refractivity contribution in [2.24, 2.45) is 0 Å². The van der Waals surface area contributed by atoms with E-state index in [4.69, 9.17) is 0 Å². The summed E-state index contributed by atoms with van der Waals surface area (Å²) in [5.41, 5.74) is 2.55. The Morgan fingerprint density at radius 1 is 1.00 bits per heavy atom. The van der Waals surface area contributed by atoms with E-state index < -0.39 is 11.9 Å². The standard InChI is InChI=1S/C27H24F3N5O2S/c1-2-22-25(37)33-26(38-17-19-10-13-23(31-15-19)27(28,29)30)35(34-22)16-24(36)32-14-18-8-11-21(12-9-18)20-6-4-3-5-7-20/h3-13,15H,2,14,16-17H2,1H3,(H,32,36)/p+1.